The molecule has 1 aliphatic carbocycles. The second-order valence-corrected chi connectivity index (χ2v) is 6.32. The third-order valence-corrected chi connectivity index (χ3v) is 5.41. The number of aliphatic hydroxyl groups excluding tert-OH is 1. The van der Waals surface area contributed by atoms with Gasteiger partial charge in [-0.1, -0.05) is 19.3 Å². The first-order valence-corrected chi connectivity index (χ1v) is 7.90. The van der Waals surface area contributed by atoms with Crippen LogP contribution in [0.3, 0.4) is 0 Å². The van der Waals surface area contributed by atoms with Crippen molar-refractivity contribution in [3.8, 4) is 0 Å². The topological polar surface area (TPSA) is 29.5 Å². The maximum absolute atomic E-state index is 10.5. The largest absolute Gasteiger partial charge is 0.386 e. The number of thiophene rings is 1. The minimum absolute atomic E-state index is 0.0683. The van der Waals surface area contributed by atoms with Crippen molar-refractivity contribution >= 4 is 27.3 Å². The molecular weight excluding hydrogens is 300 g/mol. The number of halogens is 1. The normalized spacial score (nSPS) is 21.4. The van der Waals surface area contributed by atoms with E-state index in [4.69, 9.17) is 4.74 Å². The molecule has 0 aromatic carbocycles. The molecule has 96 valence electrons. The molecule has 1 saturated carbocycles. The van der Waals surface area contributed by atoms with Gasteiger partial charge in [0.25, 0.3) is 0 Å². The van der Waals surface area contributed by atoms with Gasteiger partial charge in [-0.05, 0) is 40.1 Å². The Morgan fingerprint density at radius 3 is 2.59 bits per heavy atom. The quantitative estimate of drug-likeness (QED) is 0.904. The van der Waals surface area contributed by atoms with Gasteiger partial charge in [-0.3, -0.25) is 0 Å². The molecule has 1 heterocycles. The van der Waals surface area contributed by atoms with Crippen molar-refractivity contribution < 1.29 is 9.84 Å². The molecular formula is C13H19BrO2S. The molecule has 2 rings (SSSR count). The standard InChI is InChI=1S/C13H19BrO2S/c1-16-13(9-5-3-2-4-6-9)12(15)10-7-17-8-11(10)14/h7-9,12-13,15H,2-6H2,1H3. The van der Waals surface area contributed by atoms with Crippen molar-refractivity contribution in [2.45, 2.75) is 44.3 Å². The SMILES string of the molecule is COC(C1CCCCC1)C(O)c1cscc1Br. The molecule has 1 fully saturated rings. The molecule has 0 aliphatic heterocycles. The van der Waals surface area contributed by atoms with Gasteiger partial charge in [-0.25, -0.2) is 0 Å². The first-order valence-electron chi connectivity index (χ1n) is 6.16. The van der Waals surface area contributed by atoms with Crippen LogP contribution in [-0.2, 0) is 4.74 Å². The molecule has 0 spiro atoms. The molecule has 0 saturated heterocycles. The fourth-order valence-corrected chi connectivity index (χ4v) is 4.28. The Labute approximate surface area is 115 Å². The monoisotopic (exact) mass is 318 g/mol. The molecule has 17 heavy (non-hydrogen) atoms. The first-order chi connectivity index (χ1) is 8.24. The van der Waals surface area contributed by atoms with E-state index in [1.54, 1.807) is 18.4 Å². The van der Waals surface area contributed by atoms with E-state index in [9.17, 15) is 5.11 Å². The van der Waals surface area contributed by atoms with Crippen molar-refractivity contribution in [3.05, 3.63) is 20.8 Å². The van der Waals surface area contributed by atoms with Crippen LogP contribution in [0.15, 0.2) is 15.2 Å². The summed E-state index contributed by atoms with van der Waals surface area (Å²) in [7, 11) is 1.71. The first kappa shape index (κ1) is 13.5. The van der Waals surface area contributed by atoms with E-state index in [0.717, 1.165) is 10.0 Å². The fraction of sp³-hybridized carbons (Fsp3) is 0.692. The predicted octanol–water partition coefficient (Wildman–Crippen LogP) is 4.14. The second-order valence-electron chi connectivity index (χ2n) is 4.72. The van der Waals surface area contributed by atoms with E-state index in [0.29, 0.717) is 5.92 Å². The van der Waals surface area contributed by atoms with Crippen molar-refractivity contribution in [1.29, 1.82) is 0 Å². The number of rotatable bonds is 4. The van der Waals surface area contributed by atoms with Crippen LogP contribution in [-0.4, -0.2) is 18.3 Å². The van der Waals surface area contributed by atoms with Gasteiger partial charge >= 0.3 is 0 Å². The van der Waals surface area contributed by atoms with Crippen molar-refractivity contribution in [1.82, 2.24) is 0 Å². The van der Waals surface area contributed by atoms with Crippen molar-refractivity contribution in [2.24, 2.45) is 5.92 Å². The minimum atomic E-state index is -0.510. The Hall–Kier alpha value is 0.100. The Bertz CT molecular complexity index is 347. The van der Waals surface area contributed by atoms with Crippen LogP contribution in [0.2, 0.25) is 0 Å². The van der Waals surface area contributed by atoms with Gasteiger partial charge in [0.05, 0.1) is 6.10 Å². The summed E-state index contributed by atoms with van der Waals surface area (Å²) in [6, 6.07) is 0. The van der Waals surface area contributed by atoms with Gasteiger partial charge in [-0.15, -0.1) is 0 Å². The van der Waals surface area contributed by atoms with Gasteiger partial charge in [-0.2, -0.15) is 11.3 Å². The lowest BCUT2D eigenvalue weighted by Gasteiger charge is -2.32. The van der Waals surface area contributed by atoms with Crippen LogP contribution < -0.4 is 0 Å². The summed E-state index contributed by atoms with van der Waals surface area (Å²) < 4.78 is 6.56. The van der Waals surface area contributed by atoms with E-state index in [2.05, 4.69) is 15.9 Å². The molecule has 1 N–H and O–H groups in total. The Kier molecular flexibility index (Phi) is 5.03. The van der Waals surface area contributed by atoms with E-state index in [1.807, 2.05) is 10.8 Å². The molecule has 4 heteroatoms. The summed E-state index contributed by atoms with van der Waals surface area (Å²) in [4.78, 5) is 0. The minimum Gasteiger partial charge on any atom is -0.386 e. The van der Waals surface area contributed by atoms with Crippen LogP contribution in [0.5, 0.6) is 0 Å². The highest BCUT2D eigenvalue weighted by molar-refractivity contribution is 9.10. The number of hydrogen-bond donors (Lipinski definition) is 1. The summed E-state index contributed by atoms with van der Waals surface area (Å²) in [6.07, 6.45) is 5.63. The Morgan fingerprint density at radius 1 is 1.35 bits per heavy atom. The number of aliphatic hydroxyl groups is 1. The van der Waals surface area contributed by atoms with Crippen LogP contribution in [0.4, 0.5) is 0 Å². The van der Waals surface area contributed by atoms with Gasteiger partial charge < -0.3 is 9.84 Å². The van der Waals surface area contributed by atoms with E-state index < -0.39 is 6.10 Å². The van der Waals surface area contributed by atoms with Crippen LogP contribution >= 0.6 is 27.3 Å². The second kappa shape index (κ2) is 6.32. The number of methoxy groups -OCH3 is 1. The number of hydrogen-bond acceptors (Lipinski definition) is 3. The fourth-order valence-electron chi connectivity index (χ4n) is 2.72. The van der Waals surface area contributed by atoms with Crippen LogP contribution in [0.25, 0.3) is 0 Å². The average molecular weight is 319 g/mol. The smallest absolute Gasteiger partial charge is 0.107 e. The third kappa shape index (κ3) is 3.11. The summed E-state index contributed by atoms with van der Waals surface area (Å²) >= 11 is 5.09. The summed E-state index contributed by atoms with van der Waals surface area (Å²) in [5, 5.41) is 14.5. The molecule has 0 radical (unpaired) electrons. The van der Waals surface area contributed by atoms with Crippen molar-refractivity contribution in [2.75, 3.05) is 7.11 Å². The van der Waals surface area contributed by atoms with E-state index in [1.165, 1.54) is 32.1 Å². The molecule has 2 nitrogen and oxygen atoms in total. The van der Waals surface area contributed by atoms with Crippen molar-refractivity contribution in [3.63, 3.8) is 0 Å². The molecule has 0 bridgehead atoms. The summed E-state index contributed by atoms with van der Waals surface area (Å²) in [5.74, 6) is 0.496. The lowest BCUT2D eigenvalue weighted by atomic mass is 9.82. The van der Waals surface area contributed by atoms with Crippen LogP contribution in [0.1, 0.15) is 43.8 Å². The van der Waals surface area contributed by atoms with Gasteiger partial charge in [0.1, 0.15) is 6.10 Å². The number of ether oxygens (including phenoxy) is 1. The average Bonchev–Trinajstić information content (AvgIpc) is 2.77. The van der Waals surface area contributed by atoms with Gasteiger partial charge in [0.2, 0.25) is 0 Å². The molecule has 1 aromatic rings. The third-order valence-electron chi connectivity index (χ3n) is 3.66. The van der Waals surface area contributed by atoms with Crippen LogP contribution in [0, 0.1) is 5.92 Å². The zero-order chi connectivity index (χ0) is 12.3. The highest BCUT2D eigenvalue weighted by Gasteiger charge is 2.31. The lowest BCUT2D eigenvalue weighted by molar-refractivity contribution is -0.0560. The maximum Gasteiger partial charge on any atom is 0.107 e. The molecule has 0 amide bonds. The summed E-state index contributed by atoms with van der Waals surface area (Å²) in [6.45, 7) is 0. The molecule has 2 atom stereocenters. The Morgan fingerprint density at radius 2 is 2.06 bits per heavy atom. The molecule has 1 aliphatic rings. The van der Waals surface area contributed by atoms with Gasteiger partial charge in [0.15, 0.2) is 0 Å². The highest BCUT2D eigenvalue weighted by Crippen LogP contribution is 2.37. The highest BCUT2D eigenvalue weighted by atomic mass is 79.9. The zero-order valence-corrected chi connectivity index (χ0v) is 12.5. The molecule has 1 aromatic heterocycles. The molecule has 2 unspecified atom stereocenters. The zero-order valence-electron chi connectivity index (χ0n) is 10.1. The van der Waals surface area contributed by atoms with Gasteiger partial charge in [0, 0.05) is 22.5 Å². The predicted molar refractivity (Wildman–Crippen MR) is 74.4 cm³/mol. The van der Waals surface area contributed by atoms with E-state index in [-0.39, 0.29) is 6.10 Å². The van der Waals surface area contributed by atoms with E-state index >= 15 is 0 Å². The lowest BCUT2D eigenvalue weighted by Crippen LogP contribution is -2.31. The summed E-state index contributed by atoms with van der Waals surface area (Å²) in [5.41, 5.74) is 0.965. The Balaban J connectivity index is 2.09. The maximum atomic E-state index is 10.5.